The van der Waals surface area contributed by atoms with Crippen molar-refractivity contribution in [1.29, 1.82) is 0 Å². The number of ether oxygens (including phenoxy) is 1. The lowest BCUT2D eigenvalue weighted by atomic mass is 9.99. The van der Waals surface area contributed by atoms with Gasteiger partial charge in [-0.1, -0.05) is 11.6 Å². The molecule has 6 heteroatoms. The fraction of sp³-hybridized carbons (Fsp3) is 0.714. The van der Waals surface area contributed by atoms with Crippen LogP contribution in [0.2, 0.25) is 5.02 Å². The second-order valence-corrected chi connectivity index (χ2v) is 6.78. The van der Waals surface area contributed by atoms with Crippen LogP contribution in [0.5, 0.6) is 0 Å². The van der Waals surface area contributed by atoms with E-state index < -0.39 is 0 Å². The summed E-state index contributed by atoms with van der Waals surface area (Å²) in [6.45, 7) is 12.6. The zero-order valence-corrected chi connectivity index (χ0v) is 13.6. The molecule has 1 aliphatic rings. The van der Waals surface area contributed by atoms with E-state index in [0.29, 0.717) is 11.0 Å². The average molecular weight is 299 g/mol. The van der Waals surface area contributed by atoms with Crippen molar-refractivity contribution in [3.05, 3.63) is 11.2 Å². The third-order valence-corrected chi connectivity index (χ3v) is 3.32. The molecule has 0 amide bonds. The normalized spacial score (nSPS) is 20.8. The van der Waals surface area contributed by atoms with E-state index in [1.54, 1.807) is 6.20 Å². The summed E-state index contributed by atoms with van der Waals surface area (Å²) in [7, 11) is 0. The van der Waals surface area contributed by atoms with Crippen LogP contribution in [-0.2, 0) is 4.74 Å². The summed E-state index contributed by atoms with van der Waals surface area (Å²) in [6, 6.07) is 0. The van der Waals surface area contributed by atoms with Crippen molar-refractivity contribution < 1.29 is 4.74 Å². The van der Waals surface area contributed by atoms with E-state index in [9.17, 15) is 0 Å². The van der Waals surface area contributed by atoms with Crippen LogP contribution in [0, 0.1) is 0 Å². The Morgan fingerprint density at radius 1 is 1.30 bits per heavy atom. The van der Waals surface area contributed by atoms with Crippen LogP contribution in [0.4, 0.5) is 11.8 Å². The topological polar surface area (TPSA) is 50.3 Å². The Morgan fingerprint density at radius 3 is 2.45 bits per heavy atom. The maximum atomic E-state index is 6.28. The molecule has 1 aliphatic heterocycles. The lowest BCUT2D eigenvalue weighted by Crippen LogP contribution is -2.57. The summed E-state index contributed by atoms with van der Waals surface area (Å²) in [5.74, 6) is 1.37. The molecule has 5 nitrogen and oxygen atoms in total. The Kier molecular flexibility index (Phi) is 4.12. The maximum absolute atomic E-state index is 6.28. The molecule has 0 aliphatic carbocycles. The van der Waals surface area contributed by atoms with Crippen LogP contribution < -0.4 is 10.2 Å². The van der Waals surface area contributed by atoms with Crippen LogP contribution in [-0.4, -0.2) is 40.8 Å². The number of hydrogen-bond acceptors (Lipinski definition) is 5. The van der Waals surface area contributed by atoms with Gasteiger partial charge in [0, 0.05) is 19.6 Å². The number of nitrogens with zero attached hydrogens (tertiary/aromatic N) is 3. The molecule has 0 saturated carbocycles. The number of hydrogen-bond donors (Lipinski definition) is 1. The van der Waals surface area contributed by atoms with Gasteiger partial charge in [-0.3, -0.25) is 0 Å². The van der Waals surface area contributed by atoms with Gasteiger partial charge in [-0.25, -0.2) is 4.98 Å². The number of nitrogens with one attached hydrogen (secondary N) is 1. The van der Waals surface area contributed by atoms with Crippen molar-refractivity contribution >= 4 is 23.4 Å². The smallest absolute Gasteiger partial charge is 0.224 e. The molecule has 0 unspecified atom stereocenters. The molecule has 1 aromatic rings. The summed E-state index contributed by atoms with van der Waals surface area (Å²) in [4.78, 5) is 10.9. The maximum Gasteiger partial charge on any atom is 0.224 e. The van der Waals surface area contributed by atoms with Crippen LogP contribution in [0.1, 0.15) is 34.6 Å². The van der Waals surface area contributed by atoms with Gasteiger partial charge >= 0.3 is 0 Å². The lowest BCUT2D eigenvalue weighted by molar-refractivity contribution is -0.133. The first-order chi connectivity index (χ1) is 9.22. The largest absolute Gasteiger partial charge is 0.366 e. The van der Waals surface area contributed by atoms with E-state index in [1.165, 1.54) is 0 Å². The molecular weight excluding hydrogens is 276 g/mol. The quantitative estimate of drug-likeness (QED) is 0.930. The van der Waals surface area contributed by atoms with Gasteiger partial charge in [-0.2, -0.15) is 4.98 Å². The monoisotopic (exact) mass is 298 g/mol. The fourth-order valence-corrected chi connectivity index (χ4v) is 2.97. The highest BCUT2D eigenvalue weighted by Gasteiger charge is 2.39. The van der Waals surface area contributed by atoms with E-state index in [0.717, 1.165) is 25.5 Å². The van der Waals surface area contributed by atoms with Crippen molar-refractivity contribution in [3.63, 3.8) is 0 Å². The van der Waals surface area contributed by atoms with E-state index in [2.05, 4.69) is 47.9 Å². The van der Waals surface area contributed by atoms with Gasteiger partial charge in [0.1, 0.15) is 5.02 Å². The Balaban J connectivity index is 2.32. The highest BCUT2D eigenvalue weighted by atomic mass is 35.5. The summed E-state index contributed by atoms with van der Waals surface area (Å²) >= 11 is 6.28. The Morgan fingerprint density at radius 2 is 1.90 bits per heavy atom. The molecule has 1 saturated heterocycles. The molecule has 2 heterocycles. The number of aromatic nitrogens is 2. The summed E-state index contributed by atoms with van der Waals surface area (Å²) < 4.78 is 6.09. The van der Waals surface area contributed by atoms with Crippen molar-refractivity contribution in [3.8, 4) is 0 Å². The van der Waals surface area contributed by atoms with E-state index >= 15 is 0 Å². The molecule has 1 aromatic heterocycles. The van der Waals surface area contributed by atoms with Crippen LogP contribution >= 0.6 is 11.6 Å². The molecule has 0 spiro atoms. The number of morpholine rings is 1. The summed E-state index contributed by atoms with van der Waals surface area (Å²) in [5.41, 5.74) is -0.483. The third kappa shape index (κ3) is 3.52. The molecule has 0 aromatic carbocycles. The molecule has 1 N–H and O–H groups in total. The molecule has 0 bridgehead atoms. The van der Waals surface area contributed by atoms with Gasteiger partial charge in [0.25, 0.3) is 0 Å². The Labute approximate surface area is 125 Å². The van der Waals surface area contributed by atoms with Gasteiger partial charge in [-0.15, -0.1) is 0 Å². The standard InChI is InChI=1S/C14H23ClN4O/c1-6-16-12-17-7-10(15)11(18-12)19-8-13(2,3)20-14(4,5)9-19/h7H,6,8-9H2,1-5H3,(H,16,17,18). The molecule has 0 atom stereocenters. The summed E-state index contributed by atoms with van der Waals surface area (Å²) in [5, 5.41) is 3.69. The zero-order valence-electron chi connectivity index (χ0n) is 12.8. The minimum Gasteiger partial charge on any atom is -0.366 e. The lowest BCUT2D eigenvalue weighted by Gasteiger charge is -2.47. The molecule has 2 rings (SSSR count). The van der Waals surface area contributed by atoms with Gasteiger partial charge in [-0.05, 0) is 34.6 Å². The molecule has 0 radical (unpaired) electrons. The van der Waals surface area contributed by atoms with Crippen LogP contribution in [0.3, 0.4) is 0 Å². The first kappa shape index (κ1) is 15.3. The minimum atomic E-state index is -0.242. The number of halogens is 1. The molecule has 20 heavy (non-hydrogen) atoms. The van der Waals surface area contributed by atoms with Crippen molar-refractivity contribution in [1.82, 2.24) is 9.97 Å². The fourth-order valence-electron chi connectivity index (χ4n) is 2.76. The third-order valence-electron chi connectivity index (χ3n) is 3.06. The van der Waals surface area contributed by atoms with Gasteiger partial charge in [0.05, 0.1) is 17.4 Å². The summed E-state index contributed by atoms with van der Waals surface area (Å²) in [6.07, 6.45) is 1.65. The van der Waals surface area contributed by atoms with Crippen molar-refractivity contribution in [2.24, 2.45) is 0 Å². The predicted octanol–water partition coefficient (Wildman–Crippen LogP) is 2.96. The van der Waals surface area contributed by atoms with Gasteiger partial charge in [0.15, 0.2) is 5.82 Å². The first-order valence-electron chi connectivity index (χ1n) is 6.94. The SMILES string of the molecule is CCNc1ncc(Cl)c(N2CC(C)(C)OC(C)(C)C2)n1. The predicted molar refractivity (Wildman–Crippen MR) is 82.7 cm³/mol. The molecular formula is C14H23ClN4O. The Bertz CT molecular complexity index is 474. The highest BCUT2D eigenvalue weighted by Crippen LogP contribution is 2.33. The average Bonchev–Trinajstić information content (AvgIpc) is 2.28. The zero-order chi connectivity index (χ0) is 15.0. The minimum absolute atomic E-state index is 0.242. The second-order valence-electron chi connectivity index (χ2n) is 6.37. The second kappa shape index (κ2) is 5.37. The highest BCUT2D eigenvalue weighted by molar-refractivity contribution is 6.32. The first-order valence-corrected chi connectivity index (χ1v) is 7.32. The van der Waals surface area contributed by atoms with Gasteiger partial charge < -0.3 is 15.0 Å². The Hall–Kier alpha value is -1.07. The van der Waals surface area contributed by atoms with E-state index in [-0.39, 0.29) is 11.2 Å². The van der Waals surface area contributed by atoms with E-state index in [1.807, 2.05) is 6.92 Å². The van der Waals surface area contributed by atoms with Crippen LogP contribution in [0.25, 0.3) is 0 Å². The van der Waals surface area contributed by atoms with Gasteiger partial charge in [0.2, 0.25) is 5.95 Å². The van der Waals surface area contributed by atoms with Crippen molar-refractivity contribution in [2.75, 3.05) is 29.9 Å². The molecule has 112 valence electrons. The number of anilines is 2. The van der Waals surface area contributed by atoms with E-state index in [4.69, 9.17) is 16.3 Å². The molecule has 1 fully saturated rings. The van der Waals surface area contributed by atoms with Crippen molar-refractivity contribution in [2.45, 2.75) is 45.8 Å². The number of rotatable bonds is 3. The van der Waals surface area contributed by atoms with Crippen LogP contribution in [0.15, 0.2) is 6.20 Å².